The lowest BCUT2D eigenvalue weighted by Gasteiger charge is -2.48. The van der Waals surface area contributed by atoms with E-state index < -0.39 is 11.3 Å². The van der Waals surface area contributed by atoms with Crippen molar-refractivity contribution >= 4 is 52.5 Å². The minimum absolute atomic E-state index is 0.00713. The van der Waals surface area contributed by atoms with E-state index in [4.69, 9.17) is 11.6 Å². The van der Waals surface area contributed by atoms with E-state index in [1.165, 1.54) is 0 Å². The fraction of sp³-hybridized carbons (Fsp3) is 0.500. The first-order chi connectivity index (χ1) is 13.2. The summed E-state index contributed by atoms with van der Waals surface area (Å²) < 4.78 is 1.02. The summed E-state index contributed by atoms with van der Waals surface area (Å²) in [7, 11) is 0. The van der Waals surface area contributed by atoms with Gasteiger partial charge < -0.3 is 0 Å². The average molecular weight is 435 g/mol. The zero-order valence-corrected chi connectivity index (χ0v) is 18.4. The number of Topliss-reactive ketones (excluding diaryl/α,β-unsaturated/α-hetero) is 3. The van der Waals surface area contributed by atoms with Crippen molar-refractivity contribution < 1.29 is 14.4 Å². The van der Waals surface area contributed by atoms with Gasteiger partial charge in [-0.1, -0.05) is 37.6 Å². The first kappa shape index (κ1) is 20.2. The molecule has 2 aliphatic carbocycles. The standard InChI is InChI=1S/C22H23ClO3S2/c1-21(2)11-18(25)22(19(26)12-21)10-15(20-27-7-8-28-20)17(24)9-16(22)13-3-5-14(23)6-4-13/h3-6,16H,7-12H2,1-2H3. The lowest BCUT2D eigenvalue weighted by molar-refractivity contribution is -0.151. The maximum atomic E-state index is 13.5. The van der Waals surface area contributed by atoms with Crippen LogP contribution < -0.4 is 0 Å². The van der Waals surface area contributed by atoms with E-state index in [9.17, 15) is 14.4 Å². The van der Waals surface area contributed by atoms with Gasteiger partial charge in [0.05, 0.1) is 5.41 Å². The highest BCUT2D eigenvalue weighted by atomic mass is 35.5. The Morgan fingerprint density at radius 3 is 2.07 bits per heavy atom. The molecule has 3 aliphatic rings. The van der Waals surface area contributed by atoms with Crippen LogP contribution >= 0.6 is 35.1 Å². The predicted octanol–water partition coefficient (Wildman–Crippen LogP) is 5.42. The van der Waals surface area contributed by atoms with Crippen LogP contribution in [-0.4, -0.2) is 28.9 Å². The quantitative estimate of drug-likeness (QED) is 0.436. The third-order valence-electron chi connectivity index (χ3n) is 6.12. The first-order valence-corrected chi connectivity index (χ1v) is 11.9. The highest BCUT2D eigenvalue weighted by molar-refractivity contribution is 8.25. The van der Waals surface area contributed by atoms with Crippen LogP contribution in [0.5, 0.6) is 0 Å². The molecule has 1 atom stereocenters. The summed E-state index contributed by atoms with van der Waals surface area (Å²) >= 11 is 9.41. The van der Waals surface area contributed by atoms with Gasteiger partial charge in [-0.25, -0.2) is 0 Å². The second kappa shape index (κ2) is 7.33. The minimum atomic E-state index is -1.12. The molecule has 1 heterocycles. The molecule has 6 heteroatoms. The number of ketones is 3. The van der Waals surface area contributed by atoms with Crippen molar-refractivity contribution in [2.75, 3.05) is 11.5 Å². The fourth-order valence-electron chi connectivity index (χ4n) is 4.74. The van der Waals surface area contributed by atoms with Crippen molar-refractivity contribution in [2.45, 2.75) is 45.4 Å². The molecule has 1 aromatic rings. The molecule has 1 saturated heterocycles. The van der Waals surface area contributed by atoms with Crippen molar-refractivity contribution in [1.82, 2.24) is 0 Å². The second-order valence-electron chi connectivity index (χ2n) is 8.71. The highest BCUT2D eigenvalue weighted by Crippen LogP contribution is 2.57. The molecular formula is C22H23ClO3S2. The topological polar surface area (TPSA) is 51.2 Å². The highest BCUT2D eigenvalue weighted by Gasteiger charge is 2.59. The molecule has 28 heavy (non-hydrogen) atoms. The molecule has 0 radical (unpaired) electrons. The lowest BCUT2D eigenvalue weighted by Crippen LogP contribution is -2.54. The molecule has 1 spiro atoms. The maximum absolute atomic E-state index is 13.5. The van der Waals surface area contributed by atoms with E-state index in [0.717, 1.165) is 21.3 Å². The monoisotopic (exact) mass is 434 g/mol. The number of hydrogen-bond acceptors (Lipinski definition) is 5. The molecule has 0 bridgehead atoms. The molecule has 148 valence electrons. The zero-order chi connectivity index (χ0) is 20.1. The van der Waals surface area contributed by atoms with Crippen molar-refractivity contribution in [3.8, 4) is 0 Å². The molecule has 0 amide bonds. The van der Waals surface area contributed by atoms with E-state index in [-0.39, 0.29) is 35.6 Å². The molecule has 0 N–H and O–H groups in total. The summed E-state index contributed by atoms with van der Waals surface area (Å²) in [6.07, 6.45) is 1.21. The van der Waals surface area contributed by atoms with Crippen LogP contribution in [0.1, 0.15) is 51.0 Å². The van der Waals surface area contributed by atoms with Crippen LogP contribution in [-0.2, 0) is 14.4 Å². The fourth-order valence-corrected chi connectivity index (χ4v) is 7.46. The minimum Gasteiger partial charge on any atom is -0.299 e. The maximum Gasteiger partial charge on any atom is 0.161 e. The molecule has 3 nitrogen and oxygen atoms in total. The number of rotatable bonds is 1. The molecule has 2 saturated carbocycles. The van der Waals surface area contributed by atoms with Gasteiger partial charge in [0, 0.05) is 51.5 Å². The molecular weight excluding hydrogens is 412 g/mol. The molecule has 4 rings (SSSR count). The second-order valence-corrected chi connectivity index (χ2v) is 11.6. The summed E-state index contributed by atoms with van der Waals surface area (Å²) in [5.74, 6) is 1.60. The summed E-state index contributed by atoms with van der Waals surface area (Å²) in [6.45, 7) is 3.95. The Balaban J connectivity index is 1.84. The van der Waals surface area contributed by atoms with Crippen LogP contribution in [0, 0.1) is 10.8 Å². The van der Waals surface area contributed by atoms with Crippen LogP contribution in [0.4, 0.5) is 0 Å². The molecule has 1 aliphatic heterocycles. The molecule has 1 aromatic carbocycles. The number of thioether (sulfide) groups is 2. The number of allylic oxidation sites excluding steroid dienone is 1. The summed E-state index contributed by atoms with van der Waals surface area (Å²) in [6, 6.07) is 7.26. The summed E-state index contributed by atoms with van der Waals surface area (Å²) in [4.78, 5) is 40.1. The predicted molar refractivity (Wildman–Crippen MR) is 116 cm³/mol. The van der Waals surface area contributed by atoms with Gasteiger partial charge in [-0.2, -0.15) is 0 Å². The smallest absolute Gasteiger partial charge is 0.161 e. The van der Waals surface area contributed by atoms with Gasteiger partial charge >= 0.3 is 0 Å². The van der Waals surface area contributed by atoms with Gasteiger partial charge in [-0.05, 0) is 29.5 Å². The van der Waals surface area contributed by atoms with Crippen molar-refractivity contribution in [2.24, 2.45) is 10.8 Å². The van der Waals surface area contributed by atoms with Crippen molar-refractivity contribution in [1.29, 1.82) is 0 Å². The Kier molecular flexibility index (Phi) is 5.30. The first-order valence-electron chi connectivity index (χ1n) is 9.57. The van der Waals surface area contributed by atoms with Crippen LogP contribution in [0.2, 0.25) is 5.02 Å². The van der Waals surface area contributed by atoms with E-state index in [0.29, 0.717) is 23.4 Å². The van der Waals surface area contributed by atoms with E-state index in [2.05, 4.69) is 0 Å². The number of halogens is 1. The Morgan fingerprint density at radius 1 is 0.929 bits per heavy atom. The number of carbonyl (C=O) groups excluding carboxylic acids is 3. The lowest BCUT2D eigenvalue weighted by atomic mass is 9.52. The van der Waals surface area contributed by atoms with Gasteiger partial charge in [0.2, 0.25) is 0 Å². The van der Waals surface area contributed by atoms with Gasteiger partial charge in [-0.3, -0.25) is 14.4 Å². The molecule has 3 fully saturated rings. The molecule has 0 aromatic heterocycles. The summed E-state index contributed by atoms with van der Waals surface area (Å²) in [5.41, 5.74) is 0.118. The summed E-state index contributed by atoms with van der Waals surface area (Å²) in [5, 5.41) is 0.601. The Labute approximate surface area is 179 Å². The largest absolute Gasteiger partial charge is 0.299 e. The third kappa shape index (κ3) is 3.40. The van der Waals surface area contributed by atoms with Gasteiger partial charge in [0.1, 0.15) is 11.6 Å². The SMILES string of the molecule is CC1(C)CC(=O)C2(CC(=C3SCCS3)C(=O)CC2c2ccc(Cl)cc2)C(=O)C1. The Hall–Kier alpha value is -1.04. The number of carbonyl (C=O) groups is 3. The Morgan fingerprint density at radius 2 is 1.50 bits per heavy atom. The average Bonchev–Trinajstić information content (AvgIpc) is 3.14. The van der Waals surface area contributed by atoms with Crippen LogP contribution in [0.25, 0.3) is 0 Å². The number of benzene rings is 1. The van der Waals surface area contributed by atoms with Gasteiger partial charge in [0.25, 0.3) is 0 Å². The van der Waals surface area contributed by atoms with Gasteiger partial charge in [-0.15, -0.1) is 23.5 Å². The van der Waals surface area contributed by atoms with Crippen molar-refractivity contribution in [3.05, 3.63) is 44.7 Å². The molecule has 1 unspecified atom stereocenters. The van der Waals surface area contributed by atoms with Gasteiger partial charge in [0.15, 0.2) is 5.78 Å². The van der Waals surface area contributed by atoms with Crippen LogP contribution in [0.3, 0.4) is 0 Å². The van der Waals surface area contributed by atoms with Crippen molar-refractivity contribution in [3.63, 3.8) is 0 Å². The van der Waals surface area contributed by atoms with Crippen LogP contribution in [0.15, 0.2) is 34.1 Å². The van der Waals surface area contributed by atoms with E-state index >= 15 is 0 Å². The normalized spacial score (nSPS) is 27.0. The zero-order valence-electron chi connectivity index (χ0n) is 16.0. The van der Waals surface area contributed by atoms with E-state index in [1.807, 2.05) is 26.0 Å². The van der Waals surface area contributed by atoms with E-state index in [1.54, 1.807) is 35.7 Å². The Bertz CT molecular complexity index is 858. The third-order valence-corrected chi connectivity index (χ3v) is 9.17. The number of hydrogen-bond donors (Lipinski definition) is 0.